The van der Waals surface area contributed by atoms with E-state index < -0.39 is 0 Å². The Hall–Kier alpha value is -1.58. The molecule has 0 N–H and O–H groups in total. The SMILES string of the molecule is Cc1cc(C(C)C)no1.Cc1cc(C(C)C)on1. The molecule has 0 saturated heterocycles. The maximum atomic E-state index is 4.98. The molecule has 0 spiro atoms. The van der Waals surface area contributed by atoms with Crippen molar-refractivity contribution in [3.05, 3.63) is 35.0 Å². The van der Waals surface area contributed by atoms with Crippen LogP contribution < -0.4 is 0 Å². The molecule has 0 aromatic carbocycles. The van der Waals surface area contributed by atoms with E-state index in [0.29, 0.717) is 11.8 Å². The van der Waals surface area contributed by atoms with Gasteiger partial charge in [-0.05, 0) is 19.8 Å². The molecule has 0 aliphatic rings. The average Bonchev–Trinajstić information content (AvgIpc) is 2.88. The van der Waals surface area contributed by atoms with Crippen LogP contribution in [0, 0.1) is 13.8 Å². The number of hydrogen-bond donors (Lipinski definition) is 0. The molecule has 4 nitrogen and oxygen atoms in total. The second kappa shape index (κ2) is 6.38. The van der Waals surface area contributed by atoms with Gasteiger partial charge in [0.2, 0.25) is 0 Å². The van der Waals surface area contributed by atoms with Gasteiger partial charge in [0.05, 0.1) is 11.4 Å². The molecule has 0 unspecified atom stereocenters. The lowest BCUT2D eigenvalue weighted by atomic mass is 10.1. The maximum absolute atomic E-state index is 4.98. The molecule has 4 heteroatoms. The molecule has 0 aliphatic carbocycles. The van der Waals surface area contributed by atoms with Crippen molar-refractivity contribution in [3.8, 4) is 0 Å². The van der Waals surface area contributed by atoms with Crippen molar-refractivity contribution < 1.29 is 9.05 Å². The highest BCUT2D eigenvalue weighted by molar-refractivity contribution is 5.07. The smallest absolute Gasteiger partial charge is 0.139 e. The topological polar surface area (TPSA) is 52.1 Å². The van der Waals surface area contributed by atoms with Gasteiger partial charge < -0.3 is 9.05 Å². The fraction of sp³-hybridized carbons (Fsp3) is 0.571. The molecule has 2 aromatic rings. The Kier molecular flexibility index (Phi) is 5.13. The Morgan fingerprint density at radius 1 is 0.889 bits per heavy atom. The molecule has 18 heavy (non-hydrogen) atoms. The fourth-order valence-corrected chi connectivity index (χ4v) is 1.31. The van der Waals surface area contributed by atoms with E-state index in [2.05, 4.69) is 38.0 Å². The summed E-state index contributed by atoms with van der Waals surface area (Å²) in [6.45, 7) is 12.2. The summed E-state index contributed by atoms with van der Waals surface area (Å²) in [5, 5.41) is 7.60. The quantitative estimate of drug-likeness (QED) is 0.801. The van der Waals surface area contributed by atoms with Crippen molar-refractivity contribution in [1.29, 1.82) is 0 Å². The third-order valence-corrected chi connectivity index (χ3v) is 2.45. The van der Waals surface area contributed by atoms with Gasteiger partial charge in [-0.3, -0.25) is 0 Å². The molecule has 100 valence electrons. The van der Waals surface area contributed by atoms with Gasteiger partial charge in [0.25, 0.3) is 0 Å². The molecule has 0 atom stereocenters. The number of aryl methyl sites for hydroxylation is 2. The van der Waals surface area contributed by atoms with Crippen LogP contribution in [0.4, 0.5) is 0 Å². The highest BCUT2D eigenvalue weighted by Gasteiger charge is 2.03. The summed E-state index contributed by atoms with van der Waals surface area (Å²) >= 11 is 0. The van der Waals surface area contributed by atoms with Crippen molar-refractivity contribution in [2.75, 3.05) is 0 Å². The van der Waals surface area contributed by atoms with Crippen molar-refractivity contribution in [3.63, 3.8) is 0 Å². The average molecular weight is 250 g/mol. The van der Waals surface area contributed by atoms with Gasteiger partial charge in [0.15, 0.2) is 0 Å². The zero-order chi connectivity index (χ0) is 13.7. The van der Waals surface area contributed by atoms with Crippen LogP contribution in [0.3, 0.4) is 0 Å². The molecule has 2 aromatic heterocycles. The summed E-state index contributed by atoms with van der Waals surface area (Å²) in [4.78, 5) is 0. The first-order valence-corrected chi connectivity index (χ1v) is 6.26. The first-order valence-electron chi connectivity index (χ1n) is 6.26. The van der Waals surface area contributed by atoms with Gasteiger partial charge in [-0.1, -0.05) is 38.0 Å². The molecular weight excluding hydrogens is 228 g/mol. The standard InChI is InChI=1S/2C7H11NO/c1-5(2)7-4-6(3)9-8-7;1-5(2)7-4-6(3)8-9-7/h2*4-5H,1-3H3. The number of nitrogens with zero attached hydrogens (tertiary/aromatic N) is 2. The minimum absolute atomic E-state index is 0.450. The molecule has 0 aliphatic heterocycles. The highest BCUT2D eigenvalue weighted by Crippen LogP contribution is 2.14. The lowest BCUT2D eigenvalue weighted by Crippen LogP contribution is -1.84. The highest BCUT2D eigenvalue weighted by atomic mass is 16.5. The summed E-state index contributed by atoms with van der Waals surface area (Å²) in [5.41, 5.74) is 1.99. The molecule has 2 heterocycles. The van der Waals surface area contributed by atoms with Crippen molar-refractivity contribution >= 4 is 0 Å². The Balaban J connectivity index is 0.000000180. The number of hydrogen-bond acceptors (Lipinski definition) is 4. The Bertz CT molecular complexity index is 425. The summed E-state index contributed by atoms with van der Waals surface area (Å²) in [5.74, 6) is 2.78. The summed E-state index contributed by atoms with van der Waals surface area (Å²) in [7, 11) is 0. The molecule has 0 radical (unpaired) electrons. The van der Waals surface area contributed by atoms with Crippen LogP contribution in [-0.4, -0.2) is 10.3 Å². The normalized spacial score (nSPS) is 10.7. The van der Waals surface area contributed by atoms with E-state index in [-0.39, 0.29) is 0 Å². The first-order chi connectivity index (χ1) is 8.40. The van der Waals surface area contributed by atoms with Gasteiger partial charge in [0.1, 0.15) is 11.5 Å². The molecule has 0 saturated carbocycles. The van der Waals surface area contributed by atoms with Gasteiger partial charge in [0, 0.05) is 18.1 Å². The predicted octanol–water partition coefficient (Wildman–Crippen LogP) is 4.21. The summed E-state index contributed by atoms with van der Waals surface area (Å²) in [6, 6.07) is 3.93. The molecule has 2 rings (SSSR count). The molecule has 0 bridgehead atoms. The molecule has 0 fully saturated rings. The third kappa shape index (κ3) is 4.35. The predicted molar refractivity (Wildman–Crippen MR) is 70.7 cm³/mol. The number of aromatic nitrogens is 2. The van der Waals surface area contributed by atoms with Crippen LogP contribution in [0.1, 0.15) is 62.4 Å². The zero-order valence-electron chi connectivity index (χ0n) is 12.0. The van der Waals surface area contributed by atoms with Crippen LogP contribution in [0.15, 0.2) is 21.2 Å². The van der Waals surface area contributed by atoms with Crippen LogP contribution in [0.2, 0.25) is 0 Å². The summed E-state index contributed by atoms with van der Waals surface area (Å²) < 4.78 is 9.85. The monoisotopic (exact) mass is 250 g/mol. The van der Waals surface area contributed by atoms with E-state index in [1.165, 1.54) is 0 Å². The van der Waals surface area contributed by atoms with Crippen molar-refractivity contribution in [2.45, 2.75) is 53.4 Å². The second-order valence-electron chi connectivity index (χ2n) is 5.04. The van der Waals surface area contributed by atoms with Crippen molar-refractivity contribution in [1.82, 2.24) is 10.3 Å². The first kappa shape index (κ1) is 14.5. The second-order valence-corrected chi connectivity index (χ2v) is 5.04. The minimum atomic E-state index is 0.450. The maximum Gasteiger partial charge on any atom is 0.139 e. The van der Waals surface area contributed by atoms with E-state index in [0.717, 1.165) is 22.9 Å². The van der Waals surface area contributed by atoms with Crippen LogP contribution >= 0.6 is 0 Å². The van der Waals surface area contributed by atoms with Crippen LogP contribution in [0.25, 0.3) is 0 Å². The van der Waals surface area contributed by atoms with E-state index in [1.807, 2.05) is 26.0 Å². The molecular formula is C14H22N2O2. The van der Waals surface area contributed by atoms with Crippen LogP contribution in [-0.2, 0) is 0 Å². The van der Waals surface area contributed by atoms with E-state index in [9.17, 15) is 0 Å². The fourth-order valence-electron chi connectivity index (χ4n) is 1.31. The van der Waals surface area contributed by atoms with Gasteiger partial charge >= 0.3 is 0 Å². The third-order valence-electron chi connectivity index (χ3n) is 2.45. The number of rotatable bonds is 2. The van der Waals surface area contributed by atoms with Gasteiger partial charge in [-0.2, -0.15) is 0 Å². The van der Waals surface area contributed by atoms with E-state index in [1.54, 1.807) is 0 Å². The Labute approximate surface area is 108 Å². The Morgan fingerprint density at radius 2 is 1.56 bits per heavy atom. The lowest BCUT2D eigenvalue weighted by molar-refractivity contribution is 0.368. The summed E-state index contributed by atoms with van der Waals surface area (Å²) in [6.07, 6.45) is 0. The van der Waals surface area contributed by atoms with E-state index in [4.69, 9.17) is 9.05 Å². The molecule has 0 amide bonds. The largest absolute Gasteiger partial charge is 0.361 e. The zero-order valence-corrected chi connectivity index (χ0v) is 12.0. The van der Waals surface area contributed by atoms with Gasteiger partial charge in [-0.15, -0.1) is 0 Å². The minimum Gasteiger partial charge on any atom is -0.361 e. The van der Waals surface area contributed by atoms with Crippen molar-refractivity contribution in [2.24, 2.45) is 0 Å². The van der Waals surface area contributed by atoms with Crippen LogP contribution in [0.5, 0.6) is 0 Å². The Morgan fingerprint density at radius 3 is 1.78 bits per heavy atom. The lowest BCUT2D eigenvalue weighted by Gasteiger charge is -1.92. The van der Waals surface area contributed by atoms with E-state index >= 15 is 0 Å². The van der Waals surface area contributed by atoms with Gasteiger partial charge in [-0.25, -0.2) is 0 Å².